The van der Waals surface area contributed by atoms with Crippen LogP contribution in [0.2, 0.25) is 0 Å². The molecule has 0 amide bonds. The highest BCUT2D eigenvalue weighted by atomic mass is 16.3. The van der Waals surface area contributed by atoms with E-state index in [9.17, 15) is 9.90 Å². The van der Waals surface area contributed by atoms with E-state index in [-0.39, 0.29) is 5.41 Å². The van der Waals surface area contributed by atoms with Gasteiger partial charge in [0.15, 0.2) is 0 Å². The number of phenols is 1. The predicted molar refractivity (Wildman–Crippen MR) is 103 cm³/mol. The minimum absolute atomic E-state index is 0.141. The smallest absolute Gasteiger partial charge is 0.133 e. The Bertz CT molecular complexity index is 781. The average Bonchev–Trinajstić information content (AvgIpc) is 2.88. The summed E-state index contributed by atoms with van der Waals surface area (Å²) in [5.74, 6) is 3.85. The van der Waals surface area contributed by atoms with Crippen LogP contribution in [0.5, 0.6) is 5.75 Å². The number of phenolic OH excluding ortho intramolecular Hbond substituents is 1. The van der Waals surface area contributed by atoms with Gasteiger partial charge in [0, 0.05) is 18.4 Å². The van der Waals surface area contributed by atoms with Gasteiger partial charge in [0.25, 0.3) is 0 Å². The molecular weight excluding hydrogens is 320 g/mol. The zero-order valence-electron chi connectivity index (χ0n) is 16.5. The van der Waals surface area contributed by atoms with Crippen LogP contribution in [0.15, 0.2) is 12.1 Å². The van der Waals surface area contributed by atoms with Gasteiger partial charge in [0.05, 0.1) is 0 Å². The van der Waals surface area contributed by atoms with Gasteiger partial charge < -0.3 is 5.11 Å². The van der Waals surface area contributed by atoms with E-state index in [0.717, 1.165) is 37.5 Å². The topological polar surface area (TPSA) is 37.3 Å². The minimum atomic E-state index is 0.141. The van der Waals surface area contributed by atoms with Crippen molar-refractivity contribution in [3.63, 3.8) is 0 Å². The van der Waals surface area contributed by atoms with Crippen LogP contribution in [0.3, 0.4) is 0 Å². The lowest BCUT2D eigenvalue weighted by molar-refractivity contribution is -0.135. The number of carbonyl (C=O) groups excluding carboxylic acids is 1. The van der Waals surface area contributed by atoms with E-state index in [1.807, 2.05) is 6.07 Å². The van der Waals surface area contributed by atoms with Crippen LogP contribution >= 0.6 is 0 Å². The number of ketones is 1. The summed E-state index contributed by atoms with van der Waals surface area (Å²) in [7, 11) is 0. The number of rotatable bonds is 0. The summed E-state index contributed by atoms with van der Waals surface area (Å²) in [6.45, 7) is 7.03. The number of aromatic hydroxyl groups is 1. The van der Waals surface area contributed by atoms with E-state index >= 15 is 0 Å². The average molecular weight is 353 g/mol. The molecule has 0 saturated heterocycles. The Labute approximate surface area is 157 Å². The highest BCUT2D eigenvalue weighted by Gasteiger charge is 2.59. The second-order valence-corrected chi connectivity index (χ2v) is 10.4. The maximum atomic E-state index is 12.0. The van der Waals surface area contributed by atoms with Crippen LogP contribution < -0.4 is 0 Å². The fraction of sp³-hybridized carbons (Fsp3) is 0.708. The maximum absolute atomic E-state index is 12.0. The SMILES string of the molecule is Cc1cc(O)c2c(c1)C[C@H]1[C@H]3CC[C@H]4CC(=O)CC[C@]4(C)[C@@H]3CC[C@@]21C. The fourth-order valence-corrected chi connectivity index (χ4v) is 7.95. The van der Waals surface area contributed by atoms with Crippen molar-refractivity contribution >= 4 is 5.78 Å². The molecule has 2 nitrogen and oxygen atoms in total. The summed E-state index contributed by atoms with van der Waals surface area (Å²) in [4.78, 5) is 12.0. The van der Waals surface area contributed by atoms with E-state index in [1.54, 1.807) is 0 Å². The molecule has 4 aliphatic carbocycles. The van der Waals surface area contributed by atoms with Crippen LogP contribution in [0.25, 0.3) is 0 Å². The first-order valence-corrected chi connectivity index (χ1v) is 10.7. The molecule has 2 heteroatoms. The Morgan fingerprint density at radius 1 is 1.04 bits per heavy atom. The summed E-state index contributed by atoms with van der Waals surface area (Å²) in [6, 6.07) is 4.28. The summed E-state index contributed by atoms with van der Waals surface area (Å²) < 4.78 is 0. The standard InChI is InChI=1S/C24H32O2/c1-14-10-15-12-20-18-5-4-16-13-17(25)6-8-23(16,2)19(18)7-9-24(20,3)22(15)21(26)11-14/h10-11,16,18-20,26H,4-9,12-13H2,1-3H3/t16-,18-,19+,20-,23-,24+/m0/s1. The lowest BCUT2D eigenvalue weighted by Gasteiger charge is -2.59. The van der Waals surface area contributed by atoms with Crippen molar-refractivity contribution in [3.05, 3.63) is 28.8 Å². The van der Waals surface area contributed by atoms with Gasteiger partial charge >= 0.3 is 0 Å². The molecule has 4 aliphatic rings. The largest absolute Gasteiger partial charge is 0.508 e. The molecule has 5 rings (SSSR count). The van der Waals surface area contributed by atoms with E-state index < -0.39 is 0 Å². The zero-order valence-corrected chi connectivity index (χ0v) is 16.5. The van der Waals surface area contributed by atoms with Crippen LogP contribution in [-0.2, 0) is 16.6 Å². The third-order valence-electron chi connectivity index (χ3n) is 9.23. The van der Waals surface area contributed by atoms with E-state index in [4.69, 9.17) is 0 Å². The molecule has 0 radical (unpaired) electrons. The molecule has 1 aromatic rings. The van der Waals surface area contributed by atoms with Crippen molar-refractivity contribution < 1.29 is 9.90 Å². The zero-order chi connectivity index (χ0) is 18.3. The molecule has 140 valence electrons. The van der Waals surface area contributed by atoms with Crippen molar-refractivity contribution in [1.29, 1.82) is 0 Å². The van der Waals surface area contributed by atoms with Crippen molar-refractivity contribution in [2.24, 2.45) is 29.1 Å². The van der Waals surface area contributed by atoms with E-state index in [0.29, 0.717) is 28.8 Å². The van der Waals surface area contributed by atoms with Gasteiger partial charge in [-0.25, -0.2) is 0 Å². The van der Waals surface area contributed by atoms with Crippen LogP contribution in [0, 0.1) is 36.0 Å². The Kier molecular flexibility index (Phi) is 3.47. The van der Waals surface area contributed by atoms with E-state index in [1.165, 1.54) is 42.4 Å². The molecule has 3 saturated carbocycles. The third kappa shape index (κ3) is 2.08. The Morgan fingerprint density at radius 3 is 2.65 bits per heavy atom. The van der Waals surface area contributed by atoms with Crippen LogP contribution in [0.4, 0.5) is 0 Å². The summed E-state index contributed by atoms with van der Waals surface area (Å²) in [6.07, 6.45) is 8.87. The van der Waals surface area contributed by atoms with Crippen molar-refractivity contribution in [2.75, 3.05) is 0 Å². The molecule has 26 heavy (non-hydrogen) atoms. The Hall–Kier alpha value is -1.31. The highest BCUT2D eigenvalue weighted by molar-refractivity contribution is 5.79. The monoisotopic (exact) mass is 352 g/mol. The number of Topliss-reactive ketones (excluding diaryl/α,β-unsaturated/α-hetero) is 1. The second kappa shape index (κ2) is 5.36. The van der Waals surface area contributed by atoms with Gasteiger partial charge in [0.2, 0.25) is 0 Å². The second-order valence-electron chi connectivity index (χ2n) is 10.4. The van der Waals surface area contributed by atoms with Crippen molar-refractivity contribution in [2.45, 2.75) is 77.6 Å². The predicted octanol–water partition coefficient (Wildman–Crippen LogP) is 5.33. The molecule has 1 N–H and O–H groups in total. The first kappa shape index (κ1) is 16.8. The number of aryl methyl sites for hydroxylation is 1. The quantitative estimate of drug-likeness (QED) is 0.685. The lowest BCUT2D eigenvalue weighted by Crippen LogP contribution is -2.54. The molecule has 0 unspecified atom stereocenters. The maximum Gasteiger partial charge on any atom is 0.133 e. The first-order chi connectivity index (χ1) is 12.3. The minimum Gasteiger partial charge on any atom is -0.508 e. The first-order valence-electron chi connectivity index (χ1n) is 10.7. The van der Waals surface area contributed by atoms with Crippen LogP contribution in [0.1, 0.15) is 75.5 Å². The number of fused-ring (bicyclic) bond motifs is 7. The third-order valence-corrected chi connectivity index (χ3v) is 9.23. The van der Waals surface area contributed by atoms with Crippen molar-refractivity contribution in [3.8, 4) is 5.75 Å². The van der Waals surface area contributed by atoms with Gasteiger partial charge in [0.1, 0.15) is 11.5 Å². The van der Waals surface area contributed by atoms with Crippen LogP contribution in [-0.4, -0.2) is 10.9 Å². The van der Waals surface area contributed by atoms with Crippen molar-refractivity contribution in [1.82, 2.24) is 0 Å². The van der Waals surface area contributed by atoms with Gasteiger partial charge in [-0.15, -0.1) is 0 Å². The Morgan fingerprint density at radius 2 is 1.85 bits per heavy atom. The molecule has 0 heterocycles. The number of benzene rings is 1. The van der Waals surface area contributed by atoms with Gasteiger partial charge in [-0.1, -0.05) is 19.9 Å². The molecule has 0 bridgehead atoms. The van der Waals surface area contributed by atoms with E-state index in [2.05, 4.69) is 26.8 Å². The lowest BCUT2D eigenvalue weighted by atomic mass is 9.45. The normalized spacial score (nSPS) is 44.0. The molecule has 6 atom stereocenters. The molecule has 0 aliphatic heterocycles. The summed E-state index contributed by atoms with van der Waals surface area (Å²) >= 11 is 0. The van der Waals surface area contributed by atoms with Gasteiger partial charge in [-0.3, -0.25) is 4.79 Å². The van der Waals surface area contributed by atoms with Gasteiger partial charge in [-0.2, -0.15) is 0 Å². The summed E-state index contributed by atoms with van der Waals surface area (Å²) in [5.41, 5.74) is 4.35. The molecule has 1 aromatic carbocycles. The van der Waals surface area contributed by atoms with Gasteiger partial charge in [-0.05, 0) is 97.1 Å². The molecular formula is C24H32O2. The molecule has 0 spiro atoms. The Balaban J connectivity index is 1.53. The number of hydrogen-bond donors (Lipinski definition) is 1. The number of hydrogen-bond acceptors (Lipinski definition) is 2. The number of carbonyl (C=O) groups is 1. The molecule has 0 aromatic heterocycles. The summed E-state index contributed by atoms with van der Waals surface area (Å²) in [5, 5.41) is 10.7. The fourth-order valence-electron chi connectivity index (χ4n) is 7.95. The highest BCUT2D eigenvalue weighted by Crippen LogP contribution is 2.66. The molecule has 3 fully saturated rings.